The van der Waals surface area contributed by atoms with Crippen molar-refractivity contribution in [2.75, 3.05) is 20.8 Å². The van der Waals surface area contributed by atoms with Crippen LogP contribution in [0.3, 0.4) is 0 Å². The summed E-state index contributed by atoms with van der Waals surface area (Å²) < 4.78 is 20.9. The van der Waals surface area contributed by atoms with E-state index in [9.17, 15) is 9.59 Å². The van der Waals surface area contributed by atoms with Crippen LogP contribution in [0.5, 0.6) is 0 Å². The molecule has 0 amide bonds. The summed E-state index contributed by atoms with van der Waals surface area (Å²) in [5, 5.41) is 0. The fourth-order valence-corrected chi connectivity index (χ4v) is 2.79. The van der Waals surface area contributed by atoms with E-state index in [0.29, 0.717) is 19.4 Å². The largest absolute Gasteiger partial charge is 0.514 e. The van der Waals surface area contributed by atoms with Crippen molar-refractivity contribution in [1.29, 1.82) is 0 Å². The van der Waals surface area contributed by atoms with E-state index in [2.05, 4.69) is 5.73 Å². The Morgan fingerprint density at radius 2 is 1.64 bits per heavy atom. The zero-order valence-corrected chi connectivity index (χ0v) is 17.8. The van der Waals surface area contributed by atoms with E-state index in [0.717, 1.165) is 5.57 Å². The Labute approximate surface area is 152 Å². The van der Waals surface area contributed by atoms with Crippen molar-refractivity contribution in [1.82, 2.24) is 0 Å². The van der Waals surface area contributed by atoms with Gasteiger partial charge in [0.05, 0.1) is 26.2 Å². The minimum atomic E-state index is -1.87. The van der Waals surface area contributed by atoms with Gasteiger partial charge >= 0.3 is 17.9 Å². The molecule has 25 heavy (non-hydrogen) atoms. The summed E-state index contributed by atoms with van der Waals surface area (Å²) >= 11 is 0. The molecular formula is C18H32O6Si. The van der Waals surface area contributed by atoms with Crippen molar-refractivity contribution in [3.05, 3.63) is 17.2 Å². The zero-order valence-electron chi connectivity index (χ0n) is 16.8. The van der Waals surface area contributed by atoms with Crippen molar-refractivity contribution in [2.45, 2.75) is 59.7 Å². The standard InChI is InChI=1S/C18H32O6Si/c1-9-23-15(19)11-10-14(13-18(2,3)17(20)22-5)12-16(21-4)24-25(6,7)8/h9-11,13H2,1-8H3. The molecule has 0 N–H and O–H groups in total. The highest BCUT2D eigenvalue weighted by atomic mass is 28.4. The van der Waals surface area contributed by atoms with Crippen LogP contribution in [0.25, 0.3) is 0 Å². The van der Waals surface area contributed by atoms with Crippen molar-refractivity contribution < 1.29 is 28.2 Å². The van der Waals surface area contributed by atoms with E-state index in [1.165, 1.54) is 14.2 Å². The lowest BCUT2D eigenvalue weighted by Gasteiger charge is -2.23. The van der Waals surface area contributed by atoms with E-state index < -0.39 is 13.7 Å². The van der Waals surface area contributed by atoms with Crippen LogP contribution in [0.2, 0.25) is 19.6 Å². The first-order valence-corrected chi connectivity index (χ1v) is 11.8. The monoisotopic (exact) mass is 372 g/mol. The van der Waals surface area contributed by atoms with E-state index in [4.69, 9.17) is 18.6 Å². The van der Waals surface area contributed by atoms with Gasteiger partial charge in [0.15, 0.2) is 0 Å². The first kappa shape index (κ1) is 23.3. The predicted molar refractivity (Wildman–Crippen MR) is 98.3 cm³/mol. The lowest BCUT2D eigenvalue weighted by Crippen LogP contribution is -2.26. The maximum Gasteiger partial charge on any atom is 0.313 e. The average Bonchev–Trinajstić information content (AvgIpc) is 2.49. The molecule has 7 heteroatoms. The fourth-order valence-electron chi connectivity index (χ4n) is 2.10. The molecule has 0 aromatic heterocycles. The number of allylic oxidation sites excluding steroid dienone is 1. The molecule has 0 aromatic carbocycles. The van der Waals surface area contributed by atoms with E-state index in [1.807, 2.05) is 19.6 Å². The minimum Gasteiger partial charge on any atom is -0.514 e. The molecule has 0 aliphatic heterocycles. The van der Waals surface area contributed by atoms with Crippen molar-refractivity contribution in [3.63, 3.8) is 0 Å². The lowest BCUT2D eigenvalue weighted by molar-refractivity contribution is -0.150. The molecule has 0 rings (SSSR count). The van der Waals surface area contributed by atoms with Gasteiger partial charge in [-0.1, -0.05) is 0 Å². The summed E-state index contributed by atoms with van der Waals surface area (Å²) in [5.41, 5.74) is 3.10. The molecule has 0 saturated heterocycles. The summed E-state index contributed by atoms with van der Waals surface area (Å²) in [7, 11) is 0.995. The number of methoxy groups -OCH3 is 2. The smallest absolute Gasteiger partial charge is 0.313 e. The van der Waals surface area contributed by atoms with Gasteiger partial charge < -0.3 is 18.6 Å². The Kier molecular flexibility index (Phi) is 9.60. The molecule has 0 unspecified atom stereocenters. The molecule has 0 radical (unpaired) electrons. The lowest BCUT2D eigenvalue weighted by atomic mass is 9.84. The highest BCUT2D eigenvalue weighted by molar-refractivity contribution is 6.69. The third-order valence-corrected chi connectivity index (χ3v) is 3.99. The number of ether oxygens (including phenoxy) is 3. The minimum absolute atomic E-state index is 0.206. The molecule has 0 atom stereocenters. The molecule has 0 aliphatic rings. The topological polar surface area (TPSA) is 71.1 Å². The van der Waals surface area contributed by atoms with Crippen LogP contribution in [0, 0.1) is 5.41 Å². The van der Waals surface area contributed by atoms with E-state index in [1.54, 1.807) is 20.8 Å². The van der Waals surface area contributed by atoms with Gasteiger partial charge in [-0.2, -0.15) is 0 Å². The maximum atomic E-state index is 12.0. The zero-order chi connectivity index (χ0) is 19.7. The quantitative estimate of drug-likeness (QED) is 0.251. The summed E-state index contributed by atoms with van der Waals surface area (Å²) in [6, 6.07) is 0. The van der Waals surface area contributed by atoms with Crippen LogP contribution in [0.1, 0.15) is 40.0 Å². The van der Waals surface area contributed by atoms with Crippen molar-refractivity contribution >= 4 is 20.3 Å². The van der Waals surface area contributed by atoms with Crippen LogP contribution in [-0.4, -0.2) is 41.1 Å². The van der Waals surface area contributed by atoms with Gasteiger partial charge in [0, 0.05) is 6.42 Å². The summed E-state index contributed by atoms with van der Waals surface area (Å²) in [6.07, 6.45) is 0.986. The molecule has 0 fully saturated rings. The molecule has 144 valence electrons. The number of carbonyl (C=O) groups excluding carboxylic acids is 2. The van der Waals surface area contributed by atoms with Crippen molar-refractivity contribution in [2.24, 2.45) is 5.41 Å². The van der Waals surface area contributed by atoms with Gasteiger partial charge in [-0.05, 0) is 64.6 Å². The summed E-state index contributed by atoms with van der Waals surface area (Å²) in [6.45, 7) is 11.8. The van der Waals surface area contributed by atoms with Crippen molar-refractivity contribution in [3.8, 4) is 0 Å². The Bertz CT molecular complexity index is 524. The van der Waals surface area contributed by atoms with Gasteiger partial charge in [0.25, 0.3) is 0 Å². The van der Waals surface area contributed by atoms with Gasteiger partial charge in [0.2, 0.25) is 8.32 Å². The Morgan fingerprint density at radius 1 is 1.04 bits per heavy atom. The highest BCUT2D eigenvalue weighted by Crippen LogP contribution is 2.29. The first-order valence-electron chi connectivity index (χ1n) is 8.41. The first-order chi connectivity index (χ1) is 11.4. The second-order valence-corrected chi connectivity index (χ2v) is 11.7. The van der Waals surface area contributed by atoms with Gasteiger partial charge in [0.1, 0.15) is 0 Å². The second kappa shape index (κ2) is 10.3. The van der Waals surface area contributed by atoms with Crippen LogP contribution >= 0.6 is 0 Å². The Balaban J connectivity index is 5.60. The fraction of sp³-hybridized carbons (Fsp3) is 0.722. The molecule has 0 aromatic rings. The number of rotatable bonds is 10. The normalized spacial score (nSPS) is 11.2. The molecule has 0 bridgehead atoms. The molecule has 0 aliphatic carbocycles. The molecule has 0 spiro atoms. The van der Waals surface area contributed by atoms with E-state index >= 15 is 0 Å². The third-order valence-electron chi connectivity index (χ3n) is 3.19. The molecular weight excluding hydrogens is 340 g/mol. The van der Waals surface area contributed by atoms with Gasteiger partial charge in [-0.25, -0.2) is 0 Å². The molecule has 0 heterocycles. The van der Waals surface area contributed by atoms with Crippen LogP contribution in [0.15, 0.2) is 17.2 Å². The number of carbonyl (C=O) groups is 2. The second-order valence-electron chi connectivity index (χ2n) is 7.29. The Morgan fingerprint density at radius 3 is 2.08 bits per heavy atom. The van der Waals surface area contributed by atoms with Crippen LogP contribution in [-0.2, 0) is 28.2 Å². The maximum absolute atomic E-state index is 12.0. The number of hydrogen-bond acceptors (Lipinski definition) is 6. The number of esters is 2. The summed E-state index contributed by atoms with van der Waals surface area (Å²) in [5.74, 6) is -0.338. The van der Waals surface area contributed by atoms with E-state index in [-0.39, 0.29) is 24.3 Å². The molecule has 0 saturated carbocycles. The number of hydrogen-bond donors (Lipinski definition) is 0. The van der Waals surface area contributed by atoms with Gasteiger partial charge in [-0.3, -0.25) is 9.59 Å². The highest BCUT2D eigenvalue weighted by Gasteiger charge is 2.30. The Hall–Kier alpha value is -1.72. The van der Waals surface area contributed by atoms with Crippen LogP contribution < -0.4 is 0 Å². The third kappa shape index (κ3) is 9.99. The van der Waals surface area contributed by atoms with Crippen LogP contribution in [0.4, 0.5) is 0 Å². The molecule has 6 nitrogen and oxygen atoms in total. The summed E-state index contributed by atoms with van der Waals surface area (Å²) in [4.78, 5) is 23.6. The average molecular weight is 373 g/mol. The SMILES string of the molecule is CCOC(=O)CCC(=C=C(OC)O[Si](C)(C)C)CC(C)(C)C(=O)OC. The predicted octanol–water partition coefficient (Wildman–Crippen LogP) is 3.78. The van der Waals surface area contributed by atoms with Gasteiger partial charge in [-0.15, -0.1) is 0 Å².